The normalized spacial score (nSPS) is 15.7. The van der Waals surface area contributed by atoms with E-state index in [4.69, 9.17) is 26.8 Å². The lowest BCUT2D eigenvalue weighted by atomic mass is 10.0. The Labute approximate surface area is 161 Å². The minimum atomic E-state index is -0.553. The molecule has 138 valence electrons. The summed E-state index contributed by atoms with van der Waals surface area (Å²) < 4.78 is 13.3. The first-order chi connectivity index (χ1) is 13.1. The molecular formula is C20H18ClN3O3. The van der Waals surface area contributed by atoms with Crippen molar-refractivity contribution in [2.45, 2.75) is 12.5 Å². The number of fused-ring (bicyclic) bond motifs is 1. The van der Waals surface area contributed by atoms with Gasteiger partial charge in [0, 0.05) is 24.4 Å². The quantitative estimate of drug-likeness (QED) is 0.733. The molecule has 1 aliphatic heterocycles. The fraction of sp³-hybridized carbons (Fsp3) is 0.200. The van der Waals surface area contributed by atoms with E-state index in [1.807, 2.05) is 30.5 Å². The van der Waals surface area contributed by atoms with Gasteiger partial charge in [0.1, 0.15) is 23.9 Å². The van der Waals surface area contributed by atoms with Crippen LogP contribution < -0.4 is 15.2 Å². The predicted molar refractivity (Wildman–Crippen MR) is 102 cm³/mol. The molecule has 0 aliphatic carbocycles. The van der Waals surface area contributed by atoms with Crippen LogP contribution in [0.15, 0.2) is 54.9 Å². The van der Waals surface area contributed by atoms with Crippen molar-refractivity contribution in [3.05, 3.63) is 65.4 Å². The maximum absolute atomic E-state index is 10.9. The van der Waals surface area contributed by atoms with E-state index < -0.39 is 5.91 Å². The number of aromatic nitrogens is 2. The largest absolute Gasteiger partial charge is 0.491 e. The Morgan fingerprint density at radius 1 is 1.33 bits per heavy atom. The third kappa shape index (κ3) is 3.61. The molecule has 0 bridgehead atoms. The summed E-state index contributed by atoms with van der Waals surface area (Å²) in [4.78, 5) is 15.4. The lowest BCUT2D eigenvalue weighted by Crippen LogP contribution is -2.24. The molecule has 27 heavy (non-hydrogen) atoms. The van der Waals surface area contributed by atoms with E-state index in [1.165, 1.54) is 5.56 Å². The summed E-state index contributed by atoms with van der Waals surface area (Å²) in [6.07, 6.45) is 4.58. The summed E-state index contributed by atoms with van der Waals surface area (Å²) in [5, 5.41) is 0.397. The first-order valence-electron chi connectivity index (χ1n) is 8.56. The topological polar surface area (TPSA) is 79.4 Å². The van der Waals surface area contributed by atoms with Crippen molar-refractivity contribution in [2.75, 3.05) is 13.2 Å². The zero-order valence-corrected chi connectivity index (χ0v) is 15.2. The van der Waals surface area contributed by atoms with Crippen molar-refractivity contribution in [3.63, 3.8) is 0 Å². The predicted octanol–water partition coefficient (Wildman–Crippen LogP) is 3.24. The van der Waals surface area contributed by atoms with E-state index in [9.17, 15) is 4.79 Å². The van der Waals surface area contributed by atoms with Gasteiger partial charge in [0.25, 0.3) is 5.91 Å². The molecule has 4 rings (SSSR count). The minimum absolute atomic E-state index is 0.141. The monoisotopic (exact) mass is 383 g/mol. The van der Waals surface area contributed by atoms with E-state index in [0.717, 1.165) is 23.6 Å². The molecule has 2 N–H and O–H groups in total. The minimum Gasteiger partial charge on any atom is -0.491 e. The Morgan fingerprint density at radius 2 is 2.19 bits per heavy atom. The van der Waals surface area contributed by atoms with Crippen molar-refractivity contribution in [1.82, 2.24) is 9.55 Å². The van der Waals surface area contributed by atoms with E-state index >= 15 is 0 Å². The van der Waals surface area contributed by atoms with Gasteiger partial charge in [-0.3, -0.25) is 4.79 Å². The van der Waals surface area contributed by atoms with Gasteiger partial charge < -0.3 is 19.8 Å². The van der Waals surface area contributed by atoms with Crippen LogP contribution in [0.25, 0.3) is 11.4 Å². The summed E-state index contributed by atoms with van der Waals surface area (Å²) in [5.41, 5.74) is 7.14. The number of rotatable bonds is 5. The highest BCUT2D eigenvalue weighted by molar-refractivity contribution is 6.32. The first kappa shape index (κ1) is 17.4. The van der Waals surface area contributed by atoms with E-state index in [-0.39, 0.29) is 12.6 Å². The first-order valence-corrected chi connectivity index (χ1v) is 8.94. The Bertz CT molecular complexity index is 986. The smallest absolute Gasteiger partial charge is 0.255 e. The van der Waals surface area contributed by atoms with Crippen LogP contribution in [0, 0.1) is 0 Å². The molecule has 1 amide bonds. The molecule has 1 aromatic heterocycles. The maximum atomic E-state index is 10.9. The zero-order chi connectivity index (χ0) is 18.8. The summed E-state index contributed by atoms with van der Waals surface area (Å²) in [6.45, 7) is 0.362. The molecule has 3 aromatic rings. The lowest BCUT2D eigenvalue weighted by molar-refractivity contribution is -0.119. The number of amides is 1. The van der Waals surface area contributed by atoms with Crippen LogP contribution in [0.3, 0.4) is 0 Å². The molecule has 2 heterocycles. The second-order valence-electron chi connectivity index (χ2n) is 6.33. The van der Waals surface area contributed by atoms with Crippen LogP contribution in [0.1, 0.15) is 11.6 Å². The van der Waals surface area contributed by atoms with Crippen LogP contribution in [0.4, 0.5) is 0 Å². The molecule has 1 atom stereocenters. The van der Waals surface area contributed by atoms with Crippen LogP contribution in [0.2, 0.25) is 5.02 Å². The van der Waals surface area contributed by atoms with Gasteiger partial charge in [-0.05, 0) is 29.8 Å². The number of imidazole rings is 1. The Balaban J connectivity index is 1.59. The molecular weight excluding hydrogens is 366 g/mol. The molecule has 0 unspecified atom stereocenters. The van der Waals surface area contributed by atoms with E-state index in [1.54, 1.807) is 18.3 Å². The number of nitrogens with zero attached hydrogens (tertiary/aromatic N) is 2. The summed E-state index contributed by atoms with van der Waals surface area (Å²) in [5.74, 6) is 1.59. The average Bonchev–Trinajstić information content (AvgIpc) is 3.16. The number of hydrogen-bond donors (Lipinski definition) is 1. The molecule has 0 spiro atoms. The Kier molecular flexibility index (Phi) is 4.73. The number of halogens is 1. The second-order valence-corrected chi connectivity index (χ2v) is 6.74. The summed E-state index contributed by atoms with van der Waals surface area (Å²) >= 11 is 6.30. The molecule has 2 aromatic carbocycles. The number of carbonyl (C=O) groups excluding carboxylic acids is 1. The number of carbonyl (C=O) groups is 1. The highest BCUT2D eigenvalue weighted by Crippen LogP contribution is 2.34. The standard InChI is InChI=1S/C20H18ClN3O3/c21-16-10-14(5-6-18(16)27-12-19(22)25)20-23-7-8-24(20)15-9-13-3-1-2-4-17(13)26-11-15/h1-8,10,15H,9,11-12H2,(H2,22,25)/t15-/m0/s1. The Hall–Kier alpha value is -2.99. The van der Waals surface area contributed by atoms with Gasteiger partial charge in [-0.2, -0.15) is 0 Å². The van der Waals surface area contributed by atoms with Crippen molar-refractivity contribution < 1.29 is 14.3 Å². The number of ether oxygens (including phenoxy) is 2. The van der Waals surface area contributed by atoms with Crippen LogP contribution in [-0.4, -0.2) is 28.7 Å². The van der Waals surface area contributed by atoms with Gasteiger partial charge in [0.2, 0.25) is 0 Å². The maximum Gasteiger partial charge on any atom is 0.255 e. The lowest BCUT2D eigenvalue weighted by Gasteiger charge is -2.27. The summed E-state index contributed by atoms with van der Waals surface area (Å²) in [7, 11) is 0. The molecule has 0 fully saturated rings. The SMILES string of the molecule is NC(=O)COc1ccc(-c2nccn2[C@@H]2COc3ccccc3C2)cc1Cl. The number of nitrogens with two attached hydrogens (primary N) is 1. The van der Waals surface area contributed by atoms with Gasteiger partial charge in [-0.1, -0.05) is 29.8 Å². The van der Waals surface area contributed by atoms with Gasteiger partial charge in [-0.15, -0.1) is 0 Å². The zero-order valence-electron chi connectivity index (χ0n) is 14.5. The molecule has 0 saturated carbocycles. The molecule has 7 heteroatoms. The van der Waals surface area contributed by atoms with Gasteiger partial charge in [-0.25, -0.2) is 4.98 Å². The van der Waals surface area contributed by atoms with Gasteiger partial charge in [0.05, 0.1) is 11.1 Å². The van der Waals surface area contributed by atoms with Gasteiger partial charge >= 0.3 is 0 Å². The molecule has 0 radical (unpaired) electrons. The molecule has 0 saturated heterocycles. The van der Waals surface area contributed by atoms with Gasteiger partial charge in [0.15, 0.2) is 6.61 Å². The highest BCUT2D eigenvalue weighted by atomic mass is 35.5. The van der Waals surface area contributed by atoms with E-state index in [0.29, 0.717) is 17.4 Å². The fourth-order valence-corrected chi connectivity index (χ4v) is 3.46. The van der Waals surface area contributed by atoms with Crippen LogP contribution in [0.5, 0.6) is 11.5 Å². The third-order valence-electron chi connectivity index (χ3n) is 4.48. The average molecular weight is 384 g/mol. The van der Waals surface area contributed by atoms with Crippen LogP contribution >= 0.6 is 11.6 Å². The summed E-state index contributed by atoms with van der Waals surface area (Å²) in [6, 6.07) is 13.6. The number of hydrogen-bond acceptors (Lipinski definition) is 4. The van der Waals surface area contributed by atoms with Crippen molar-refractivity contribution in [1.29, 1.82) is 0 Å². The number of para-hydroxylation sites is 1. The highest BCUT2D eigenvalue weighted by Gasteiger charge is 2.23. The molecule has 6 nitrogen and oxygen atoms in total. The fourth-order valence-electron chi connectivity index (χ4n) is 3.23. The van der Waals surface area contributed by atoms with Crippen LogP contribution in [-0.2, 0) is 11.2 Å². The second kappa shape index (κ2) is 7.32. The van der Waals surface area contributed by atoms with Crippen molar-refractivity contribution >= 4 is 17.5 Å². The van der Waals surface area contributed by atoms with E-state index in [2.05, 4.69) is 15.6 Å². The molecule has 1 aliphatic rings. The van der Waals surface area contributed by atoms with Crippen molar-refractivity contribution in [3.8, 4) is 22.9 Å². The number of primary amides is 1. The Morgan fingerprint density at radius 3 is 3.00 bits per heavy atom. The van der Waals surface area contributed by atoms with Crippen molar-refractivity contribution in [2.24, 2.45) is 5.73 Å². The number of benzene rings is 2. The third-order valence-corrected chi connectivity index (χ3v) is 4.78.